The van der Waals surface area contributed by atoms with Crippen LogP contribution in [0.25, 0.3) is 42.4 Å². The molecule has 0 unspecified atom stereocenters. The number of benzene rings is 6. The predicted molar refractivity (Wildman–Crippen MR) is 236 cm³/mol. The first-order valence-electron chi connectivity index (χ1n) is 19.9. The van der Waals surface area contributed by atoms with E-state index in [1.54, 1.807) is 0 Å². The van der Waals surface area contributed by atoms with Crippen molar-refractivity contribution >= 4 is 48.6 Å². The molecular formula is C52H53NS. The number of anilines is 3. The summed E-state index contributed by atoms with van der Waals surface area (Å²) in [6.45, 7) is 25.8. The molecule has 0 saturated carbocycles. The molecule has 1 heterocycles. The summed E-state index contributed by atoms with van der Waals surface area (Å²) in [6.07, 6.45) is 0. The molecule has 272 valence electrons. The molecule has 2 aliphatic carbocycles. The summed E-state index contributed by atoms with van der Waals surface area (Å²) >= 11 is 1.95. The first kappa shape index (κ1) is 35.1. The van der Waals surface area contributed by atoms with Crippen LogP contribution >= 0.6 is 11.3 Å². The summed E-state index contributed by atoms with van der Waals surface area (Å²) in [5.74, 6) is 0.936. The minimum Gasteiger partial charge on any atom is -0.310 e. The molecule has 2 aliphatic rings. The van der Waals surface area contributed by atoms with Crippen LogP contribution in [0.15, 0.2) is 109 Å². The standard InChI is InChI=1S/C52H53NS/c1-30(2)32-24-41(31(3)4)49-43(25-32)42-27-34(19-23-48(42)54-49)53(35-17-21-39-37-14-12-13-15-44(37)51(8,9)46(39)28-35)36-18-22-40-38-20-16-33(50(5,6)7)26-45(38)52(10,11)47(40)29-36/h12-31H,1-11H3. The fourth-order valence-electron chi connectivity index (χ4n) is 9.43. The van der Waals surface area contributed by atoms with E-state index in [0.717, 1.165) is 0 Å². The zero-order chi connectivity index (χ0) is 38.1. The van der Waals surface area contributed by atoms with E-state index in [-0.39, 0.29) is 16.2 Å². The lowest BCUT2D eigenvalue weighted by atomic mass is 9.79. The third kappa shape index (κ3) is 5.16. The van der Waals surface area contributed by atoms with Gasteiger partial charge in [-0.1, -0.05) is 137 Å². The smallest absolute Gasteiger partial charge is 0.0468 e. The number of rotatable bonds is 5. The van der Waals surface area contributed by atoms with Gasteiger partial charge in [0.2, 0.25) is 0 Å². The van der Waals surface area contributed by atoms with Crippen LogP contribution in [0.1, 0.15) is 127 Å². The van der Waals surface area contributed by atoms with Crippen molar-refractivity contribution in [3.8, 4) is 22.3 Å². The highest BCUT2D eigenvalue weighted by Gasteiger charge is 2.38. The van der Waals surface area contributed by atoms with Crippen LogP contribution in [0.3, 0.4) is 0 Å². The zero-order valence-corrected chi connectivity index (χ0v) is 34.7. The molecule has 0 fully saturated rings. The zero-order valence-electron chi connectivity index (χ0n) is 33.9. The number of hydrogen-bond donors (Lipinski definition) is 0. The van der Waals surface area contributed by atoms with Crippen LogP contribution in [0.2, 0.25) is 0 Å². The second kappa shape index (κ2) is 11.9. The van der Waals surface area contributed by atoms with Gasteiger partial charge in [0.15, 0.2) is 0 Å². The van der Waals surface area contributed by atoms with Gasteiger partial charge in [-0.2, -0.15) is 0 Å². The average molecular weight is 724 g/mol. The molecule has 0 atom stereocenters. The van der Waals surface area contributed by atoms with Gasteiger partial charge >= 0.3 is 0 Å². The quantitative estimate of drug-likeness (QED) is 0.171. The van der Waals surface area contributed by atoms with E-state index in [2.05, 4.69) is 190 Å². The molecular weight excluding hydrogens is 671 g/mol. The highest BCUT2D eigenvalue weighted by atomic mass is 32.1. The number of fused-ring (bicyclic) bond motifs is 9. The molecule has 1 nitrogen and oxygen atoms in total. The Kier molecular flexibility index (Phi) is 7.74. The van der Waals surface area contributed by atoms with Crippen LogP contribution in [0.5, 0.6) is 0 Å². The van der Waals surface area contributed by atoms with Crippen LogP contribution in [-0.2, 0) is 16.2 Å². The fraction of sp³-hybridized carbons (Fsp3) is 0.308. The molecule has 54 heavy (non-hydrogen) atoms. The summed E-state index contributed by atoms with van der Waals surface area (Å²) in [6, 6.07) is 42.7. The van der Waals surface area contributed by atoms with Gasteiger partial charge in [0, 0.05) is 48.1 Å². The molecule has 0 bridgehead atoms. The number of thiophene rings is 1. The van der Waals surface area contributed by atoms with Gasteiger partial charge in [-0.25, -0.2) is 0 Å². The molecule has 2 heteroatoms. The molecule has 1 aromatic heterocycles. The maximum Gasteiger partial charge on any atom is 0.0468 e. The van der Waals surface area contributed by atoms with Crippen LogP contribution in [0, 0.1) is 0 Å². The summed E-state index contributed by atoms with van der Waals surface area (Å²) in [7, 11) is 0. The normalized spacial score (nSPS) is 15.2. The van der Waals surface area contributed by atoms with Crippen LogP contribution in [-0.4, -0.2) is 0 Å². The van der Waals surface area contributed by atoms with Gasteiger partial charge in [-0.05, 0) is 127 Å². The molecule has 0 radical (unpaired) electrons. The van der Waals surface area contributed by atoms with Crippen LogP contribution < -0.4 is 4.90 Å². The largest absolute Gasteiger partial charge is 0.310 e. The van der Waals surface area contributed by atoms with Gasteiger partial charge in [0.05, 0.1) is 0 Å². The van der Waals surface area contributed by atoms with Crippen molar-refractivity contribution in [2.24, 2.45) is 0 Å². The Balaban J connectivity index is 1.27. The second-order valence-corrected chi connectivity index (χ2v) is 19.7. The maximum absolute atomic E-state index is 2.53. The summed E-state index contributed by atoms with van der Waals surface area (Å²) < 4.78 is 2.78. The van der Waals surface area contributed by atoms with Gasteiger partial charge < -0.3 is 4.90 Å². The van der Waals surface area contributed by atoms with E-state index in [4.69, 9.17) is 0 Å². The monoisotopic (exact) mass is 723 g/mol. The molecule has 0 amide bonds. The lowest BCUT2D eigenvalue weighted by Crippen LogP contribution is -2.19. The first-order valence-corrected chi connectivity index (χ1v) is 20.7. The Morgan fingerprint density at radius 1 is 0.519 bits per heavy atom. The van der Waals surface area contributed by atoms with E-state index < -0.39 is 0 Å². The average Bonchev–Trinajstić information content (AvgIpc) is 3.70. The SMILES string of the molecule is CC(C)c1cc(C(C)C)c2sc3ccc(N(c4ccc5c(c4)C(C)(C)c4ccccc4-5)c4ccc5c(c4)C(C)(C)c4cc(C(C)(C)C)ccc4-5)cc3c2c1. The lowest BCUT2D eigenvalue weighted by molar-refractivity contribution is 0.584. The van der Waals surface area contributed by atoms with Crippen molar-refractivity contribution in [1.82, 2.24) is 0 Å². The van der Waals surface area contributed by atoms with Gasteiger partial charge in [-0.3, -0.25) is 0 Å². The summed E-state index contributed by atoms with van der Waals surface area (Å²) in [5.41, 5.74) is 18.8. The van der Waals surface area contributed by atoms with E-state index >= 15 is 0 Å². The highest BCUT2D eigenvalue weighted by Crippen LogP contribution is 2.54. The van der Waals surface area contributed by atoms with Crippen molar-refractivity contribution in [3.63, 3.8) is 0 Å². The van der Waals surface area contributed by atoms with E-state index in [0.29, 0.717) is 11.8 Å². The van der Waals surface area contributed by atoms with Crippen molar-refractivity contribution in [1.29, 1.82) is 0 Å². The minimum atomic E-state index is -0.122. The molecule has 0 saturated heterocycles. The Hall–Kier alpha value is -4.66. The molecule has 0 aliphatic heterocycles. The molecule has 9 rings (SSSR count). The third-order valence-electron chi connectivity index (χ3n) is 12.8. The third-order valence-corrected chi connectivity index (χ3v) is 14.0. The van der Waals surface area contributed by atoms with Crippen molar-refractivity contribution < 1.29 is 0 Å². The minimum absolute atomic E-state index is 0.0893. The van der Waals surface area contributed by atoms with Gasteiger partial charge in [-0.15, -0.1) is 11.3 Å². The topological polar surface area (TPSA) is 3.24 Å². The number of hydrogen-bond acceptors (Lipinski definition) is 2. The van der Waals surface area contributed by atoms with E-state index in [1.807, 2.05) is 11.3 Å². The van der Waals surface area contributed by atoms with Crippen molar-refractivity contribution in [3.05, 3.63) is 148 Å². The second-order valence-electron chi connectivity index (χ2n) is 18.7. The molecule has 0 N–H and O–H groups in total. The molecule has 7 aromatic rings. The maximum atomic E-state index is 2.53. The van der Waals surface area contributed by atoms with Crippen molar-refractivity contribution in [2.45, 2.75) is 104 Å². The van der Waals surface area contributed by atoms with E-state index in [1.165, 1.54) is 98.4 Å². The van der Waals surface area contributed by atoms with Gasteiger partial charge in [0.1, 0.15) is 0 Å². The highest BCUT2D eigenvalue weighted by molar-refractivity contribution is 7.26. The predicted octanol–water partition coefficient (Wildman–Crippen LogP) is 15.7. The lowest BCUT2D eigenvalue weighted by Gasteiger charge is -2.30. The number of nitrogens with zero attached hydrogens (tertiary/aromatic N) is 1. The van der Waals surface area contributed by atoms with Crippen LogP contribution in [0.4, 0.5) is 17.1 Å². The van der Waals surface area contributed by atoms with E-state index in [9.17, 15) is 0 Å². The Morgan fingerprint density at radius 2 is 1.06 bits per heavy atom. The Morgan fingerprint density at radius 3 is 1.67 bits per heavy atom. The summed E-state index contributed by atoms with van der Waals surface area (Å²) in [4.78, 5) is 2.53. The Bertz CT molecular complexity index is 2650. The van der Waals surface area contributed by atoms with Crippen molar-refractivity contribution in [2.75, 3.05) is 4.90 Å². The first-order chi connectivity index (χ1) is 25.6. The fourth-order valence-corrected chi connectivity index (χ4v) is 10.8. The van der Waals surface area contributed by atoms with Gasteiger partial charge in [0.25, 0.3) is 0 Å². The molecule has 6 aromatic carbocycles. The molecule has 0 spiro atoms. The Labute approximate surface area is 326 Å². The summed E-state index contributed by atoms with van der Waals surface area (Å²) in [5, 5.41) is 2.73.